The summed E-state index contributed by atoms with van der Waals surface area (Å²) in [5, 5.41) is 2.93. The van der Waals surface area contributed by atoms with Crippen LogP contribution in [-0.2, 0) is 22.1 Å². The van der Waals surface area contributed by atoms with Gasteiger partial charge in [0, 0.05) is 60.2 Å². The highest BCUT2D eigenvalue weighted by Gasteiger charge is 2.23. The minimum Gasteiger partial charge on any atom is -0.351 e. The Morgan fingerprint density at radius 2 is 1.61 bits per heavy atom. The number of piperazine rings is 1. The lowest BCUT2D eigenvalue weighted by Gasteiger charge is -2.34. The van der Waals surface area contributed by atoms with E-state index >= 15 is 0 Å². The Morgan fingerprint density at radius 3 is 2.21 bits per heavy atom. The van der Waals surface area contributed by atoms with E-state index in [1.807, 2.05) is 30.3 Å². The first-order chi connectivity index (χ1) is 13.5. The van der Waals surface area contributed by atoms with Gasteiger partial charge in [0.1, 0.15) is 0 Å². The molecule has 3 rings (SSSR count). The zero-order valence-electron chi connectivity index (χ0n) is 16.0. The minimum atomic E-state index is -1.05. The molecule has 2 aromatic carbocycles. The highest BCUT2D eigenvalue weighted by atomic mass is 32.2. The van der Waals surface area contributed by atoms with E-state index < -0.39 is 10.8 Å². The van der Waals surface area contributed by atoms with Crippen molar-refractivity contribution in [3.63, 3.8) is 0 Å². The fourth-order valence-electron chi connectivity index (χ4n) is 3.14. The van der Waals surface area contributed by atoms with Gasteiger partial charge in [-0.05, 0) is 29.8 Å². The number of rotatable bonds is 6. The third kappa shape index (κ3) is 5.50. The normalized spacial score (nSPS) is 15.8. The number of benzene rings is 2. The van der Waals surface area contributed by atoms with Gasteiger partial charge >= 0.3 is 0 Å². The van der Waals surface area contributed by atoms with Crippen molar-refractivity contribution in [1.29, 1.82) is 0 Å². The Kier molecular flexibility index (Phi) is 6.95. The van der Waals surface area contributed by atoms with Crippen LogP contribution in [0.5, 0.6) is 0 Å². The van der Waals surface area contributed by atoms with Crippen LogP contribution >= 0.6 is 0 Å². The van der Waals surface area contributed by atoms with Gasteiger partial charge < -0.3 is 10.2 Å². The predicted octanol–water partition coefficient (Wildman–Crippen LogP) is 1.50. The van der Waals surface area contributed by atoms with Gasteiger partial charge in [0.2, 0.25) is 5.91 Å². The van der Waals surface area contributed by atoms with Gasteiger partial charge in [-0.2, -0.15) is 0 Å². The molecular formula is C21H25N3O3S. The summed E-state index contributed by atoms with van der Waals surface area (Å²) in [6, 6.07) is 16.7. The van der Waals surface area contributed by atoms with E-state index in [0.717, 1.165) is 5.56 Å². The van der Waals surface area contributed by atoms with Crippen molar-refractivity contribution in [3.05, 3.63) is 65.7 Å². The van der Waals surface area contributed by atoms with Crippen molar-refractivity contribution in [2.45, 2.75) is 11.4 Å². The van der Waals surface area contributed by atoms with Gasteiger partial charge in [-0.15, -0.1) is 0 Å². The second kappa shape index (κ2) is 9.61. The largest absolute Gasteiger partial charge is 0.351 e. The molecule has 0 radical (unpaired) electrons. The molecule has 0 aliphatic carbocycles. The van der Waals surface area contributed by atoms with Gasteiger partial charge in [0.05, 0.1) is 6.54 Å². The fraction of sp³-hybridized carbons (Fsp3) is 0.333. The van der Waals surface area contributed by atoms with Crippen LogP contribution in [0.2, 0.25) is 0 Å². The fourth-order valence-corrected chi connectivity index (χ4v) is 3.66. The SMILES string of the molecule is CS(=O)c1ccc(C(=O)N2CCN(CC(=O)NCc3ccccc3)CC2)cc1. The van der Waals surface area contributed by atoms with Gasteiger partial charge in [-0.1, -0.05) is 30.3 Å². The quantitative estimate of drug-likeness (QED) is 0.799. The lowest BCUT2D eigenvalue weighted by Crippen LogP contribution is -2.51. The molecule has 7 heteroatoms. The Labute approximate surface area is 168 Å². The third-order valence-corrected chi connectivity index (χ3v) is 5.73. The van der Waals surface area contributed by atoms with Crippen molar-refractivity contribution in [1.82, 2.24) is 15.1 Å². The molecule has 1 fully saturated rings. The van der Waals surface area contributed by atoms with Crippen molar-refractivity contribution < 1.29 is 13.8 Å². The highest BCUT2D eigenvalue weighted by molar-refractivity contribution is 7.84. The zero-order chi connectivity index (χ0) is 19.9. The number of nitrogens with one attached hydrogen (secondary N) is 1. The van der Waals surface area contributed by atoms with E-state index in [4.69, 9.17) is 0 Å². The zero-order valence-corrected chi connectivity index (χ0v) is 16.8. The summed E-state index contributed by atoms with van der Waals surface area (Å²) in [7, 11) is -1.05. The Hall–Kier alpha value is -2.51. The van der Waals surface area contributed by atoms with E-state index in [1.165, 1.54) is 0 Å². The topological polar surface area (TPSA) is 69.7 Å². The first-order valence-corrected chi connectivity index (χ1v) is 10.8. The monoisotopic (exact) mass is 399 g/mol. The molecule has 2 aromatic rings. The van der Waals surface area contributed by atoms with Crippen LogP contribution in [-0.4, -0.2) is 64.8 Å². The van der Waals surface area contributed by atoms with Crippen LogP contribution in [0, 0.1) is 0 Å². The molecule has 1 aliphatic rings. The average molecular weight is 400 g/mol. The molecule has 0 saturated carbocycles. The maximum atomic E-state index is 12.6. The summed E-state index contributed by atoms with van der Waals surface area (Å²) in [6.07, 6.45) is 1.62. The second-order valence-corrected chi connectivity index (χ2v) is 8.19. The molecule has 1 unspecified atom stereocenters. The molecule has 1 atom stereocenters. The lowest BCUT2D eigenvalue weighted by molar-refractivity contribution is -0.122. The number of hydrogen-bond donors (Lipinski definition) is 1. The van der Waals surface area contributed by atoms with Crippen LogP contribution in [0.15, 0.2) is 59.5 Å². The molecule has 6 nitrogen and oxygen atoms in total. The van der Waals surface area contributed by atoms with Crippen molar-refractivity contribution in [3.8, 4) is 0 Å². The van der Waals surface area contributed by atoms with Crippen LogP contribution in [0.25, 0.3) is 0 Å². The van der Waals surface area contributed by atoms with Gasteiger partial charge in [-0.25, -0.2) is 0 Å². The summed E-state index contributed by atoms with van der Waals surface area (Å²) < 4.78 is 11.5. The Balaban J connectivity index is 1.44. The minimum absolute atomic E-state index is 0.00761. The molecule has 1 heterocycles. The summed E-state index contributed by atoms with van der Waals surface area (Å²) in [6.45, 7) is 3.38. The van der Waals surface area contributed by atoms with E-state index in [0.29, 0.717) is 49.7 Å². The summed E-state index contributed by atoms with van der Waals surface area (Å²) in [4.78, 5) is 29.3. The van der Waals surface area contributed by atoms with Gasteiger partial charge in [0.15, 0.2) is 0 Å². The highest BCUT2D eigenvalue weighted by Crippen LogP contribution is 2.12. The Morgan fingerprint density at radius 1 is 0.964 bits per heavy atom. The maximum Gasteiger partial charge on any atom is 0.253 e. The second-order valence-electron chi connectivity index (χ2n) is 6.81. The third-order valence-electron chi connectivity index (χ3n) is 4.79. The number of hydrogen-bond acceptors (Lipinski definition) is 4. The maximum absolute atomic E-state index is 12.6. The number of nitrogens with zero attached hydrogens (tertiary/aromatic N) is 2. The van der Waals surface area contributed by atoms with Gasteiger partial charge in [-0.3, -0.25) is 18.7 Å². The number of carbonyl (C=O) groups is 2. The molecule has 1 aliphatic heterocycles. The van der Waals surface area contributed by atoms with Crippen LogP contribution in [0.4, 0.5) is 0 Å². The summed E-state index contributed by atoms with van der Waals surface area (Å²) >= 11 is 0. The van der Waals surface area contributed by atoms with Crippen molar-refractivity contribution in [2.24, 2.45) is 0 Å². The first-order valence-electron chi connectivity index (χ1n) is 9.28. The smallest absolute Gasteiger partial charge is 0.253 e. The Bertz CT molecular complexity index is 832. The standard InChI is InChI=1S/C21H25N3O3S/c1-28(27)19-9-7-18(8-10-19)21(26)24-13-11-23(12-14-24)16-20(25)22-15-17-5-3-2-4-6-17/h2-10H,11-16H2,1H3,(H,22,25). The molecule has 0 spiro atoms. The van der Waals surface area contributed by atoms with E-state index in [-0.39, 0.29) is 11.8 Å². The molecule has 0 bridgehead atoms. The molecule has 1 N–H and O–H groups in total. The van der Waals surface area contributed by atoms with E-state index in [2.05, 4.69) is 10.2 Å². The first kappa shape index (κ1) is 20.2. The van der Waals surface area contributed by atoms with Crippen molar-refractivity contribution >= 4 is 22.6 Å². The molecule has 148 valence electrons. The van der Waals surface area contributed by atoms with Crippen LogP contribution < -0.4 is 5.32 Å². The molecule has 0 aromatic heterocycles. The van der Waals surface area contributed by atoms with Gasteiger partial charge in [0.25, 0.3) is 5.91 Å². The summed E-state index contributed by atoms with van der Waals surface area (Å²) in [5.41, 5.74) is 1.67. The molecule has 2 amide bonds. The molecule has 28 heavy (non-hydrogen) atoms. The lowest BCUT2D eigenvalue weighted by atomic mass is 10.2. The van der Waals surface area contributed by atoms with Crippen molar-refractivity contribution in [2.75, 3.05) is 39.0 Å². The van der Waals surface area contributed by atoms with Crippen LogP contribution in [0.3, 0.4) is 0 Å². The van der Waals surface area contributed by atoms with E-state index in [9.17, 15) is 13.8 Å². The van der Waals surface area contributed by atoms with E-state index in [1.54, 1.807) is 35.4 Å². The summed E-state index contributed by atoms with van der Waals surface area (Å²) in [5.74, 6) is -0.0339. The average Bonchev–Trinajstić information content (AvgIpc) is 2.73. The number of carbonyl (C=O) groups excluding carboxylic acids is 2. The molecule has 1 saturated heterocycles. The number of amides is 2. The van der Waals surface area contributed by atoms with Crippen LogP contribution in [0.1, 0.15) is 15.9 Å². The predicted molar refractivity (Wildman–Crippen MR) is 109 cm³/mol. The molecular weight excluding hydrogens is 374 g/mol.